The van der Waals surface area contributed by atoms with E-state index in [4.69, 9.17) is 15.2 Å². The smallest absolute Gasteiger partial charge is 0.239 e. The summed E-state index contributed by atoms with van der Waals surface area (Å²) in [4.78, 5) is 14.0. The lowest BCUT2D eigenvalue weighted by molar-refractivity contribution is -0.133. The van der Waals surface area contributed by atoms with Gasteiger partial charge in [-0.15, -0.1) is 0 Å². The summed E-state index contributed by atoms with van der Waals surface area (Å²) in [5.74, 6) is 1.12. The van der Waals surface area contributed by atoms with Gasteiger partial charge in [-0.1, -0.05) is 18.2 Å². The molecule has 1 saturated heterocycles. The minimum atomic E-state index is -0.413. The Bertz CT molecular complexity index is 446. The van der Waals surface area contributed by atoms with Crippen molar-refractivity contribution in [3.05, 3.63) is 30.3 Å². The summed E-state index contributed by atoms with van der Waals surface area (Å²) < 4.78 is 10.9. The van der Waals surface area contributed by atoms with E-state index in [1.54, 1.807) is 4.90 Å². The summed E-state index contributed by atoms with van der Waals surface area (Å²) in [6.45, 7) is 2.66. The van der Waals surface area contributed by atoms with Gasteiger partial charge >= 0.3 is 0 Å². The SMILES string of the molecule is CN(CCCOc1ccccc1)C(=O)C(N)C1CCOCC1. The molecule has 1 aliphatic rings. The molecule has 1 aromatic carbocycles. The molecule has 0 radical (unpaired) electrons. The minimum Gasteiger partial charge on any atom is -0.494 e. The van der Waals surface area contributed by atoms with Gasteiger partial charge in [0.05, 0.1) is 12.6 Å². The summed E-state index contributed by atoms with van der Waals surface area (Å²) in [6, 6.07) is 9.28. The van der Waals surface area contributed by atoms with Crippen LogP contribution in [0.15, 0.2) is 30.3 Å². The lowest BCUT2D eigenvalue weighted by Crippen LogP contribution is -2.48. The molecule has 0 saturated carbocycles. The van der Waals surface area contributed by atoms with Crippen LogP contribution in [0.5, 0.6) is 5.75 Å². The molecule has 2 rings (SSSR count). The van der Waals surface area contributed by atoms with Gasteiger partial charge in [0.15, 0.2) is 0 Å². The lowest BCUT2D eigenvalue weighted by Gasteiger charge is -2.29. The van der Waals surface area contributed by atoms with Crippen LogP contribution in [0.25, 0.3) is 0 Å². The number of para-hydroxylation sites is 1. The summed E-state index contributed by atoms with van der Waals surface area (Å²) >= 11 is 0. The third-order valence-corrected chi connectivity index (χ3v) is 4.08. The first-order valence-corrected chi connectivity index (χ1v) is 7.94. The predicted octanol–water partition coefficient (Wildman–Crippen LogP) is 1.67. The number of ether oxygens (including phenoxy) is 2. The number of benzene rings is 1. The molecular weight excluding hydrogens is 280 g/mol. The van der Waals surface area contributed by atoms with E-state index in [0.29, 0.717) is 26.4 Å². The number of nitrogens with zero attached hydrogens (tertiary/aromatic N) is 1. The molecule has 5 heteroatoms. The van der Waals surface area contributed by atoms with Gasteiger partial charge < -0.3 is 20.1 Å². The Morgan fingerprint density at radius 3 is 2.73 bits per heavy atom. The topological polar surface area (TPSA) is 64.8 Å². The van der Waals surface area contributed by atoms with Crippen LogP contribution >= 0.6 is 0 Å². The van der Waals surface area contributed by atoms with Gasteiger partial charge in [-0.05, 0) is 37.3 Å². The van der Waals surface area contributed by atoms with E-state index in [-0.39, 0.29) is 11.8 Å². The van der Waals surface area contributed by atoms with Gasteiger partial charge in [0.1, 0.15) is 5.75 Å². The van der Waals surface area contributed by atoms with Crippen LogP contribution in [0.4, 0.5) is 0 Å². The lowest BCUT2D eigenvalue weighted by atomic mass is 9.91. The predicted molar refractivity (Wildman–Crippen MR) is 85.7 cm³/mol. The average molecular weight is 306 g/mol. The molecule has 1 unspecified atom stereocenters. The van der Waals surface area contributed by atoms with E-state index >= 15 is 0 Å². The van der Waals surface area contributed by atoms with E-state index in [1.807, 2.05) is 37.4 Å². The molecule has 2 N–H and O–H groups in total. The number of carbonyl (C=O) groups is 1. The fraction of sp³-hybridized carbons (Fsp3) is 0.588. The molecule has 1 atom stereocenters. The first-order chi connectivity index (χ1) is 10.7. The number of likely N-dealkylation sites (N-methyl/N-ethyl adjacent to an activating group) is 1. The number of hydrogen-bond acceptors (Lipinski definition) is 4. The van der Waals surface area contributed by atoms with Gasteiger partial charge in [-0.2, -0.15) is 0 Å². The normalized spacial score (nSPS) is 17.0. The zero-order valence-corrected chi connectivity index (χ0v) is 13.2. The van der Waals surface area contributed by atoms with Crippen LogP contribution < -0.4 is 10.5 Å². The van der Waals surface area contributed by atoms with E-state index in [2.05, 4.69) is 0 Å². The fourth-order valence-corrected chi connectivity index (χ4v) is 2.65. The second-order valence-electron chi connectivity index (χ2n) is 5.75. The summed E-state index contributed by atoms with van der Waals surface area (Å²) in [6.07, 6.45) is 2.54. The Morgan fingerprint density at radius 1 is 1.36 bits per heavy atom. The Morgan fingerprint density at radius 2 is 2.05 bits per heavy atom. The van der Waals surface area contributed by atoms with Gasteiger partial charge in [0.2, 0.25) is 5.91 Å². The maximum absolute atomic E-state index is 12.3. The molecule has 0 spiro atoms. The molecule has 0 bridgehead atoms. The first kappa shape index (κ1) is 16.8. The van der Waals surface area contributed by atoms with Crippen LogP contribution in [0.2, 0.25) is 0 Å². The fourth-order valence-electron chi connectivity index (χ4n) is 2.65. The van der Waals surface area contributed by atoms with Crippen molar-refractivity contribution in [2.24, 2.45) is 11.7 Å². The van der Waals surface area contributed by atoms with Crippen molar-refractivity contribution < 1.29 is 14.3 Å². The van der Waals surface area contributed by atoms with Crippen molar-refractivity contribution in [2.45, 2.75) is 25.3 Å². The van der Waals surface area contributed by atoms with Crippen molar-refractivity contribution in [3.63, 3.8) is 0 Å². The highest BCUT2D eigenvalue weighted by Crippen LogP contribution is 2.18. The summed E-state index contributed by atoms with van der Waals surface area (Å²) in [7, 11) is 1.81. The van der Waals surface area contributed by atoms with Crippen LogP contribution in [-0.2, 0) is 9.53 Å². The zero-order valence-electron chi connectivity index (χ0n) is 13.2. The number of amides is 1. The van der Waals surface area contributed by atoms with E-state index in [0.717, 1.165) is 25.0 Å². The standard InChI is InChI=1S/C17H26N2O3/c1-19(10-5-11-22-15-6-3-2-4-7-15)17(20)16(18)14-8-12-21-13-9-14/h2-4,6-7,14,16H,5,8-13,18H2,1H3. The molecule has 0 aliphatic carbocycles. The molecule has 0 aromatic heterocycles. The summed E-state index contributed by atoms with van der Waals surface area (Å²) in [5, 5.41) is 0. The summed E-state index contributed by atoms with van der Waals surface area (Å²) in [5.41, 5.74) is 6.11. The van der Waals surface area contributed by atoms with Gasteiger partial charge in [0.25, 0.3) is 0 Å². The maximum atomic E-state index is 12.3. The maximum Gasteiger partial charge on any atom is 0.239 e. The van der Waals surface area contributed by atoms with Crippen molar-refractivity contribution in [1.82, 2.24) is 4.90 Å². The zero-order chi connectivity index (χ0) is 15.8. The van der Waals surface area contributed by atoms with Gasteiger partial charge in [-0.3, -0.25) is 4.79 Å². The second kappa shape index (κ2) is 8.76. The van der Waals surface area contributed by atoms with Crippen LogP contribution in [0.3, 0.4) is 0 Å². The van der Waals surface area contributed by atoms with Crippen LogP contribution in [0.1, 0.15) is 19.3 Å². The highest BCUT2D eigenvalue weighted by atomic mass is 16.5. The molecule has 1 aromatic rings. The van der Waals surface area contributed by atoms with E-state index in [9.17, 15) is 4.79 Å². The van der Waals surface area contributed by atoms with E-state index in [1.165, 1.54) is 0 Å². The highest BCUT2D eigenvalue weighted by Gasteiger charge is 2.28. The Labute approximate surface area is 132 Å². The van der Waals surface area contributed by atoms with Crippen molar-refractivity contribution >= 4 is 5.91 Å². The van der Waals surface area contributed by atoms with Gasteiger partial charge in [0, 0.05) is 26.8 Å². The second-order valence-corrected chi connectivity index (χ2v) is 5.75. The number of nitrogens with two attached hydrogens (primary N) is 1. The van der Waals surface area contributed by atoms with E-state index < -0.39 is 6.04 Å². The monoisotopic (exact) mass is 306 g/mol. The van der Waals surface area contributed by atoms with Crippen molar-refractivity contribution in [1.29, 1.82) is 0 Å². The largest absolute Gasteiger partial charge is 0.494 e. The molecular formula is C17H26N2O3. The molecule has 22 heavy (non-hydrogen) atoms. The minimum absolute atomic E-state index is 0.0200. The van der Waals surface area contributed by atoms with Crippen LogP contribution in [0, 0.1) is 5.92 Å². The molecule has 1 aliphatic heterocycles. The van der Waals surface area contributed by atoms with Crippen molar-refractivity contribution in [2.75, 3.05) is 33.4 Å². The molecule has 122 valence electrons. The highest BCUT2D eigenvalue weighted by molar-refractivity contribution is 5.81. The number of rotatable bonds is 7. The molecule has 1 fully saturated rings. The van der Waals surface area contributed by atoms with Crippen LogP contribution in [-0.4, -0.2) is 50.3 Å². The quantitative estimate of drug-likeness (QED) is 0.778. The molecule has 1 heterocycles. The Hall–Kier alpha value is -1.59. The van der Waals surface area contributed by atoms with Gasteiger partial charge in [-0.25, -0.2) is 0 Å². The Kier molecular flexibility index (Phi) is 6.68. The Balaban J connectivity index is 1.67. The average Bonchev–Trinajstić information content (AvgIpc) is 2.59. The van der Waals surface area contributed by atoms with Crippen molar-refractivity contribution in [3.8, 4) is 5.75 Å². The molecule has 1 amide bonds. The molecule has 5 nitrogen and oxygen atoms in total. The number of carbonyl (C=O) groups excluding carboxylic acids is 1. The number of hydrogen-bond donors (Lipinski definition) is 1. The first-order valence-electron chi connectivity index (χ1n) is 7.94. The third kappa shape index (κ3) is 5.00. The third-order valence-electron chi connectivity index (χ3n) is 4.08.